The number of pyridine rings is 1. The fraction of sp³-hybridized carbons (Fsp3) is 0.222. The fourth-order valence-corrected chi connectivity index (χ4v) is 3.28. The molecule has 1 aromatic carbocycles. The number of amides is 4. The molecule has 2 N–H and O–H groups in total. The number of rotatable bonds is 5. The van der Waals surface area contributed by atoms with Crippen molar-refractivity contribution in [1.29, 1.82) is 0 Å². The number of hydrogen-bond acceptors (Lipinski definition) is 4. The standard InChI is InChI=1S/C18H16BrClN4O3/c1-2-18(11-3-6-13(20)7-4-11)16(26)24(17(27)23-18)10-15(25)22-14-8-5-12(19)9-21-14/h3-9H,2,10H2,1H3,(H,23,27)(H,21,22,25). The van der Waals surface area contributed by atoms with Crippen molar-refractivity contribution in [3.05, 3.63) is 57.7 Å². The lowest BCUT2D eigenvalue weighted by atomic mass is 9.87. The van der Waals surface area contributed by atoms with Crippen LogP contribution in [0.15, 0.2) is 47.1 Å². The van der Waals surface area contributed by atoms with Crippen LogP contribution in [0.3, 0.4) is 0 Å². The van der Waals surface area contributed by atoms with Gasteiger partial charge in [0.15, 0.2) is 0 Å². The van der Waals surface area contributed by atoms with Gasteiger partial charge in [0.25, 0.3) is 5.91 Å². The molecule has 1 aromatic heterocycles. The van der Waals surface area contributed by atoms with Crippen LogP contribution in [0.4, 0.5) is 10.6 Å². The average molecular weight is 452 g/mol. The SMILES string of the molecule is CCC1(c2ccc(Cl)cc2)NC(=O)N(CC(=O)Nc2ccc(Br)cn2)C1=O. The van der Waals surface area contributed by atoms with Crippen LogP contribution in [0.2, 0.25) is 5.02 Å². The Kier molecular flexibility index (Phi) is 5.48. The summed E-state index contributed by atoms with van der Waals surface area (Å²) in [6.45, 7) is 1.39. The lowest BCUT2D eigenvalue weighted by Gasteiger charge is -2.25. The van der Waals surface area contributed by atoms with Gasteiger partial charge in [-0.15, -0.1) is 0 Å². The van der Waals surface area contributed by atoms with Crippen molar-refractivity contribution in [3.63, 3.8) is 0 Å². The molecule has 2 heterocycles. The van der Waals surface area contributed by atoms with Gasteiger partial charge in [-0.05, 0) is 52.2 Å². The van der Waals surface area contributed by atoms with Crippen LogP contribution in [0.5, 0.6) is 0 Å². The smallest absolute Gasteiger partial charge is 0.319 e. The third-order valence-electron chi connectivity index (χ3n) is 4.34. The Morgan fingerprint density at radius 2 is 1.96 bits per heavy atom. The van der Waals surface area contributed by atoms with Crippen molar-refractivity contribution in [3.8, 4) is 0 Å². The average Bonchev–Trinajstić information content (AvgIpc) is 2.89. The second-order valence-electron chi connectivity index (χ2n) is 6.00. The van der Waals surface area contributed by atoms with E-state index in [4.69, 9.17) is 11.6 Å². The van der Waals surface area contributed by atoms with Gasteiger partial charge in [0.1, 0.15) is 17.9 Å². The topological polar surface area (TPSA) is 91.4 Å². The van der Waals surface area contributed by atoms with Gasteiger partial charge in [0.05, 0.1) is 0 Å². The first-order chi connectivity index (χ1) is 12.9. The van der Waals surface area contributed by atoms with Crippen molar-refractivity contribution in [2.24, 2.45) is 0 Å². The maximum absolute atomic E-state index is 13.0. The predicted molar refractivity (Wildman–Crippen MR) is 104 cm³/mol. The van der Waals surface area contributed by atoms with E-state index in [1.54, 1.807) is 43.3 Å². The molecule has 1 aliphatic heterocycles. The Balaban J connectivity index is 1.77. The zero-order valence-corrected chi connectivity index (χ0v) is 16.7. The number of nitrogens with one attached hydrogen (secondary N) is 2. The molecule has 7 nitrogen and oxygen atoms in total. The molecule has 1 saturated heterocycles. The van der Waals surface area contributed by atoms with E-state index in [1.165, 1.54) is 6.20 Å². The Morgan fingerprint density at radius 1 is 1.26 bits per heavy atom. The molecule has 27 heavy (non-hydrogen) atoms. The van der Waals surface area contributed by atoms with Gasteiger partial charge < -0.3 is 10.6 Å². The van der Waals surface area contributed by atoms with E-state index in [1.807, 2.05) is 0 Å². The molecule has 9 heteroatoms. The maximum Gasteiger partial charge on any atom is 0.325 e. The lowest BCUT2D eigenvalue weighted by molar-refractivity contribution is -0.134. The van der Waals surface area contributed by atoms with Gasteiger partial charge in [-0.25, -0.2) is 9.78 Å². The van der Waals surface area contributed by atoms with Crippen molar-refractivity contribution >= 4 is 51.2 Å². The van der Waals surface area contributed by atoms with Gasteiger partial charge >= 0.3 is 6.03 Å². The minimum Gasteiger partial charge on any atom is -0.319 e. The van der Waals surface area contributed by atoms with E-state index in [0.717, 1.165) is 9.37 Å². The van der Waals surface area contributed by atoms with Crippen LogP contribution >= 0.6 is 27.5 Å². The van der Waals surface area contributed by atoms with E-state index in [9.17, 15) is 14.4 Å². The number of nitrogens with zero attached hydrogens (tertiary/aromatic N) is 2. The molecule has 3 rings (SSSR count). The third kappa shape index (κ3) is 3.81. The molecule has 1 atom stereocenters. The monoisotopic (exact) mass is 450 g/mol. The molecule has 0 spiro atoms. The van der Waals surface area contributed by atoms with Crippen molar-refractivity contribution in [2.45, 2.75) is 18.9 Å². The Labute approximate surface area is 169 Å². The van der Waals surface area contributed by atoms with E-state index in [0.29, 0.717) is 22.8 Å². The van der Waals surface area contributed by atoms with Gasteiger partial charge in [-0.2, -0.15) is 0 Å². The van der Waals surface area contributed by atoms with Crippen LogP contribution < -0.4 is 10.6 Å². The van der Waals surface area contributed by atoms with Crippen LogP contribution in [-0.2, 0) is 15.1 Å². The molecule has 1 aliphatic rings. The fourth-order valence-electron chi connectivity index (χ4n) is 2.92. The number of halogens is 2. The lowest BCUT2D eigenvalue weighted by Crippen LogP contribution is -2.44. The van der Waals surface area contributed by atoms with Crippen LogP contribution in [0.25, 0.3) is 0 Å². The number of urea groups is 1. The molecule has 0 bridgehead atoms. The van der Waals surface area contributed by atoms with E-state index in [-0.39, 0.29) is 0 Å². The number of imide groups is 1. The predicted octanol–water partition coefficient (Wildman–Crippen LogP) is 3.29. The summed E-state index contributed by atoms with van der Waals surface area (Å²) in [5.74, 6) is -0.665. The van der Waals surface area contributed by atoms with Crippen LogP contribution in [0.1, 0.15) is 18.9 Å². The minimum absolute atomic E-state index is 0.328. The summed E-state index contributed by atoms with van der Waals surface area (Å²) in [6.07, 6.45) is 1.87. The number of anilines is 1. The summed E-state index contributed by atoms with van der Waals surface area (Å²) in [6, 6.07) is 9.41. The second kappa shape index (κ2) is 7.66. The molecule has 1 fully saturated rings. The van der Waals surface area contributed by atoms with E-state index in [2.05, 4.69) is 31.5 Å². The molecule has 2 aromatic rings. The highest BCUT2D eigenvalue weighted by Crippen LogP contribution is 2.33. The molecular formula is C18H16BrClN4O3. The maximum atomic E-state index is 13.0. The number of aromatic nitrogens is 1. The number of benzene rings is 1. The van der Waals surface area contributed by atoms with Gasteiger partial charge in [-0.3, -0.25) is 14.5 Å². The Morgan fingerprint density at radius 3 is 2.56 bits per heavy atom. The quantitative estimate of drug-likeness (QED) is 0.683. The first kappa shape index (κ1) is 19.3. The zero-order valence-electron chi connectivity index (χ0n) is 14.3. The summed E-state index contributed by atoms with van der Waals surface area (Å²) < 4.78 is 0.769. The van der Waals surface area contributed by atoms with Gasteiger partial charge in [-0.1, -0.05) is 30.7 Å². The van der Waals surface area contributed by atoms with Crippen LogP contribution in [0, 0.1) is 0 Å². The Bertz CT molecular complexity index is 888. The van der Waals surface area contributed by atoms with E-state index >= 15 is 0 Å². The highest BCUT2D eigenvalue weighted by Gasteiger charge is 2.51. The second-order valence-corrected chi connectivity index (χ2v) is 7.35. The Hall–Kier alpha value is -2.45. The van der Waals surface area contributed by atoms with Crippen LogP contribution in [-0.4, -0.2) is 34.3 Å². The number of hydrogen-bond donors (Lipinski definition) is 2. The molecule has 1 unspecified atom stereocenters. The molecule has 4 amide bonds. The normalized spacial score (nSPS) is 19.1. The zero-order chi connectivity index (χ0) is 19.6. The first-order valence-corrected chi connectivity index (χ1v) is 9.34. The summed E-state index contributed by atoms with van der Waals surface area (Å²) >= 11 is 9.17. The number of carbonyl (C=O) groups is 3. The van der Waals surface area contributed by atoms with E-state index < -0.39 is 29.9 Å². The minimum atomic E-state index is -1.21. The first-order valence-electron chi connectivity index (χ1n) is 8.17. The summed E-state index contributed by atoms with van der Waals surface area (Å²) in [4.78, 5) is 42.6. The summed E-state index contributed by atoms with van der Waals surface area (Å²) in [5, 5.41) is 5.82. The largest absolute Gasteiger partial charge is 0.325 e. The molecular weight excluding hydrogens is 436 g/mol. The van der Waals surface area contributed by atoms with Crippen molar-refractivity contribution in [2.75, 3.05) is 11.9 Å². The van der Waals surface area contributed by atoms with Gasteiger partial charge in [0, 0.05) is 15.7 Å². The summed E-state index contributed by atoms with van der Waals surface area (Å²) in [7, 11) is 0. The third-order valence-corrected chi connectivity index (χ3v) is 5.06. The molecule has 140 valence electrons. The molecule has 0 aliphatic carbocycles. The van der Waals surface area contributed by atoms with Gasteiger partial charge in [0.2, 0.25) is 5.91 Å². The molecule has 0 radical (unpaired) electrons. The summed E-state index contributed by atoms with van der Waals surface area (Å²) in [5.41, 5.74) is -0.595. The highest BCUT2D eigenvalue weighted by atomic mass is 79.9. The van der Waals surface area contributed by atoms with Crippen molar-refractivity contribution < 1.29 is 14.4 Å². The molecule has 0 saturated carbocycles. The van der Waals surface area contributed by atoms with Crippen molar-refractivity contribution in [1.82, 2.24) is 15.2 Å². The number of carbonyl (C=O) groups excluding carboxylic acids is 3. The highest BCUT2D eigenvalue weighted by molar-refractivity contribution is 9.10.